The molecule has 2 N–H and O–H groups in total. The standard InChI is InChI=1S/C13H16ClN3/c1-8-12(14)5-4-6-13(8)17-10(3)11(7-16-17)9(2)15/h4-7,9H,15H2,1-3H3. The first-order valence-corrected chi connectivity index (χ1v) is 5.95. The van der Waals surface area contributed by atoms with Crippen LogP contribution >= 0.6 is 11.6 Å². The van der Waals surface area contributed by atoms with Gasteiger partial charge in [-0.3, -0.25) is 0 Å². The number of rotatable bonds is 2. The molecule has 1 aromatic heterocycles. The lowest BCUT2D eigenvalue weighted by atomic mass is 10.1. The molecule has 0 aliphatic carbocycles. The van der Waals surface area contributed by atoms with Crippen LogP contribution in [0.25, 0.3) is 5.69 Å². The highest BCUT2D eigenvalue weighted by molar-refractivity contribution is 6.31. The minimum atomic E-state index is -0.0109. The van der Waals surface area contributed by atoms with E-state index in [0.29, 0.717) is 0 Å². The Hall–Kier alpha value is -1.32. The maximum atomic E-state index is 6.12. The second-order valence-corrected chi connectivity index (χ2v) is 4.68. The van der Waals surface area contributed by atoms with E-state index < -0.39 is 0 Å². The van der Waals surface area contributed by atoms with E-state index in [2.05, 4.69) is 5.10 Å². The lowest BCUT2D eigenvalue weighted by Crippen LogP contribution is -2.07. The van der Waals surface area contributed by atoms with Crippen molar-refractivity contribution in [3.05, 3.63) is 46.2 Å². The van der Waals surface area contributed by atoms with Crippen LogP contribution in [0.4, 0.5) is 0 Å². The van der Waals surface area contributed by atoms with Crippen molar-refractivity contribution < 1.29 is 0 Å². The van der Waals surface area contributed by atoms with Crippen LogP contribution in [0.5, 0.6) is 0 Å². The fourth-order valence-corrected chi connectivity index (χ4v) is 2.11. The number of nitrogens with zero attached hydrogens (tertiary/aromatic N) is 2. The van der Waals surface area contributed by atoms with Gasteiger partial charge in [-0.2, -0.15) is 5.10 Å². The van der Waals surface area contributed by atoms with Crippen molar-refractivity contribution in [1.29, 1.82) is 0 Å². The van der Waals surface area contributed by atoms with Crippen molar-refractivity contribution in [2.45, 2.75) is 26.8 Å². The van der Waals surface area contributed by atoms with E-state index in [4.69, 9.17) is 17.3 Å². The number of halogens is 1. The van der Waals surface area contributed by atoms with Gasteiger partial charge in [0.05, 0.1) is 11.9 Å². The molecule has 0 aliphatic rings. The van der Waals surface area contributed by atoms with Crippen LogP contribution in [0.3, 0.4) is 0 Å². The Labute approximate surface area is 106 Å². The summed E-state index contributed by atoms with van der Waals surface area (Å²) < 4.78 is 1.89. The molecule has 1 aromatic carbocycles. The van der Waals surface area contributed by atoms with E-state index >= 15 is 0 Å². The molecule has 0 bridgehead atoms. The average molecular weight is 250 g/mol. The van der Waals surface area contributed by atoms with E-state index in [9.17, 15) is 0 Å². The van der Waals surface area contributed by atoms with Crippen LogP contribution in [0.15, 0.2) is 24.4 Å². The molecule has 1 unspecified atom stereocenters. The van der Waals surface area contributed by atoms with Gasteiger partial charge in [0.2, 0.25) is 0 Å². The Morgan fingerprint density at radius 3 is 2.65 bits per heavy atom. The number of hydrogen-bond donors (Lipinski definition) is 1. The Kier molecular flexibility index (Phi) is 3.22. The zero-order valence-corrected chi connectivity index (χ0v) is 11.0. The fraction of sp³-hybridized carbons (Fsp3) is 0.308. The maximum absolute atomic E-state index is 6.12. The van der Waals surface area contributed by atoms with Crippen LogP contribution in [0.2, 0.25) is 5.02 Å². The predicted molar refractivity (Wildman–Crippen MR) is 70.7 cm³/mol. The summed E-state index contributed by atoms with van der Waals surface area (Å²) in [7, 11) is 0. The van der Waals surface area contributed by atoms with Crippen molar-refractivity contribution >= 4 is 11.6 Å². The fourth-order valence-electron chi connectivity index (χ4n) is 1.94. The molecular weight excluding hydrogens is 234 g/mol. The van der Waals surface area contributed by atoms with Gasteiger partial charge in [0.25, 0.3) is 0 Å². The van der Waals surface area contributed by atoms with Gasteiger partial charge >= 0.3 is 0 Å². The molecule has 0 saturated heterocycles. The van der Waals surface area contributed by atoms with Gasteiger partial charge in [0.15, 0.2) is 0 Å². The van der Waals surface area contributed by atoms with Crippen LogP contribution in [0.1, 0.15) is 29.8 Å². The largest absolute Gasteiger partial charge is 0.324 e. The molecule has 0 amide bonds. The third-order valence-electron chi connectivity index (χ3n) is 3.01. The van der Waals surface area contributed by atoms with Crippen LogP contribution in [0, 0.1) is 13.8 Å². The first-order chi connectivity index (χ1) is 8.02. The Balaban J connectivity index is 2.58. The first kappa shape index (κ1) is 12.1. The van der Waals surface area contributed by atoms with Gasteiger partial charge in [-0.1, -0.05) is 17.7 Å². The van der Waals surface area contributed by atoms with Crippen LogP contribution in [-0.4, -0.2) is 9.78 Å². The summed E-state index contributed by atoms with van der Waals surface area (Å²) in [5, 5.41) is 5.14. The molecule has 0 radical (unpaired) electrons. The van der Waals surface area contributed by atoms with E-state index in [1.165, 1.54) is 0 Å². The highest BCUT2D eigenvalue weighted by Gasteiger charge is 2.13. The van der Waals surface area contributed by atoms with Gasteiger partial charge in [-0.05, 0) is 38.5 Å². The summed E-state index contributed by atoms with van der Waals surface area (Å²) in [6, 6.07) is 5.80. The topological polar surface area (TPSA) is 43.8 Å². The summed E-state index contributed by atoms with van der Waals surface area (Å²) in [4.78, 5) is 0. The molecule has 2 aromatic rings. The van der Waals surface area contributed by atoms with Gasteiger partial charge in [0.1, 0.15) is 0 Å². The molecule has 2 rings (SSSR count). The minimum Gasteiger partial charge on any atom is -0.324 e. The number of aromatic nitrogens is 2. The average Bonchev–Trinajstić information content (AvgIpc) is 2.64. The zero-order chi connectivity index (χ0) is 12.6. The lowest BCUT2D eigenvalue weighted by Gasteiger charge is -2.10. The van der Waals surface area contributed by atoms with Crippen molar-refractivity contribution in [3.8, 4) is 5.69 Å². The zero-order valence-electron chi connectivity index (χ0n) is 10.2. The lowest BCUT2D eigenvalue weighted by molar-refractivity contribution is 0.795. The Morgan fingerprint density at radius 2 is 2.06 bits per heavy atom. The highest BCUT2D eigenvalue weighted by atomic mass is 35.5. The van der Waals surface area contributed by atoms with E-state index in [1.807, 2.05) is 49.8 Å². The third-order valence-corrected chi connectivity index (χ3v) is 3.42. The molecule has 3 nitrogen and oxygen atoms in total. The maximum Gasteiger partial charge on any atom is 0.0692 e. The normalized spacial score (nSPS) is 12.8. The monoisotopic (exact) mass is 249 g/mol. The molecule has 17 heavy (non-hydrogen) atoms. The Morgan fingerprint density at radius 1 is 1.35 bits per heavy atom. The molecular formula is C13H16ClN3. The number of nitrogens with two attached hydrogens (primary N) is 1. The van der Waals surface area contributed by atoms with Gasteiger partial charge < -0.3 is 5.73 Å². The summed E-state index contributed by atoms with van der Waals surface area (Å²) in [6.45, 7) is 5.97. The number of benzene rings is 1. The van der Waals surface area contributed by atoms with Crippen LogP contribution < -0.4 is 5.73 Å². The third kappa shape index (κ3) is 2.08. The van der Waals surface area contributed by atoms with Gasteiger partial charge in [0, 0.05) is 22.3 Å². The molecule has 0 fully saturated rings. The van der Waals surface area contributed by atoms with Crippen LogP contribution in [-0.2, 0) is 0 Å². The first-order valence-electron chi connectivity index (χ1n) is 5.58. The molecule has 1 atom stereocenters. The van der Waals surface area contributed by atoms with Crippen molar-refractivity contribution in [3.63, 3.8) is 0 Å². The van der Waals surface area contributed by atoms with E-state index in [0.717, 1.165) is 27.5 Å². The summed E-state index contributed by atoms with van der Waals surface area (Å²) in [5.74, 6) is 0. The quantitative estimate of drug-likeness (QED) is 0.889. The summed E-state index contributed by atoms with van der Waals surface area (Å²) in [5.41, 5.74) is 10.0. The van der Waals surface area contributed by atoms with E-state index in [-0.39, 0.29) is 6.04 Å². The summed E-state index contributed by atoms with van der Waals surface area (Å²) >= 11 is 6.12. The predicted octanol–water partition coefficient (Wildman–Crippen LogP) is 3.16. The molecule has 0 aliphatic heterocycles. The highest BCUT2D eigenvalue weighted by Crippen LogP contribution is 2.24. The minimum absolute atomic E-state index is 0.0109. The second-order valence-electron chi connectivity index (χ2n) is 4.27. The Bertz CT molecular complexity index is 544. The molecule has 4 heteroatoms. The SMILES string of the molecule is Cc1c(Cl)cccc1-n1ncc(C(C)N)c1C. The van der Waals surface area contributed by atoms with Crippen molar-refractivity contribution in [1.82, 2.24) is 9.78 Å². The van der Waals surface area contributed by atoms with Gasteiger partial charge in [-0.15, -0.1) is 0 Å². The summed E-state index contributed by atoms with van der Waals surface area (Å²) in [6.07, 6.45) is 1.82. The molecule has 0 spiro atoms. The molecule has 90 valence electrons. The van der Waals surface area contributed by atoms with Gasteiger partial charge in [-0.25, -0.2) is 4.68 Å². The second kappa shape index (κ2) is 4.51. The molecule has 0 saturated carbocycles. The van der Waals surface area contributed by atoms with Crippen molar-refractivity contribution in [2.24, 2.45) is 5.73 Å². The molecule has 1 heterocycles. The smallest absolute Gasteiger partial charge is 0.0692 e. The van der Waals surface area contributed by atoms with Crippen molar-refractivity contribution in [2.75, 3.05) is 0 Å². The number of hydrogen-bond acceptors (Lipinski definition) is 2. The van der Waals surface area contributed by atoms with E-state index in [1.54, 1.807) is 0 Å².